The zero-order chi connectivity index (χ0) is 21.5. The van der Waals surface area contributed by atoms with Gasteiger partial charge >= 0.3 is 6.03 Å². The first-order valence-electron chi connectivity index (χ1n) is 9.82. The number of amides is 4. The van der Waals surface area contributed by atoms with Crippen LogP contribution in [0.15, 0.2) is 36.4 Å². The Morgan fingerprint density at radius 2 is 1.53 bits per heavy atom. The average molecular weight is 451 g/mol. The molecule has 1 aliphatic heterocycles. The molecule has 0 bridgehead atoms. The summed E-state index contributed by atoms with van der Waals surface area (Å²) >= 11 is 11.2. The maximum absolute atomic E-state index is 12.8. The zero-order valence-corrected chi connectivity index (χ0v) is 18.0. The van der Waals surface area contributed by atoms with Crippen LogP contribution in [-0.2, 0) is 0 Å². The Balaban J connectivity index is 1.41. The minimum absolute atomic E-state index is 0.0374. The highest BCUT2D eigenvalue weighted by Gasteiger charge is 2.31. The molecule has 2 aromatic carbocycles. The van der Waals surface area contributed by atoms with E-state index in [9.17, 15) is 14.4 Å². The molecule has 0 aromatic heterocycles. The van der Waals surface area contributed by atoms with E-state index in [1.54, 1.807) is 12.1 Å². The minimum Gasteiger partial charge on any atom is -0.337 e. The van der Waals surface area contributed by atoms with Crippen LogP contribution in [0.2, 0.25) is 0 Å². The van der Waals surface area contributed by atoms with Crippen LogP contribution in [0.25, 0.3) is 10.8 Å². The van der Waals surface area contributed by atoms with Crippen molar-refractivity contribution in [1.82, 2.24) is 20.4 Å². The fourth-order valence-electron chi connectivity index (χ4n) is 3.44. The third-order valence-corrected chi connectivity index (χ3v) is 5.57. The van der Waals surface area contributed by atoms with Gasteiger partial charge in [-0.05, 0) is 36.9 Å². The molecule has 0 aliphatic carbocycles. The molecule has 0 unspecified atom stereocenters. The molecular weight excluding hydrogens is 427 g/mol. The molecule has 9 heteroatoms. The second-order valence-corrected chi connectivity index (χ2v) is 7.42. The number of nitrogens with one attached hydrogen (secondary N) is 2. The molecule has 4 amide bonds. The van der Waals surface area contributed by atoms with Gasteiger partial charge in [0.05, 0.1) is 12.0 Å². The monoisotopic (exact) mass is 450 g/mol. The molecule has 2 aromatic rings. The maximum atomic E-state index is 12.8. The number of rotatable bonds is 10. The van der Waals surface area contributed by atoms with Gasteiger partial charge in [-0.2, -0.15) is 0 Å². The van der Waals surface area contributed by atoms with Gasteiger partial charge in [0.2, 0.25) is 0 Å². The van der Waals surface area contributed by atoms with Gasteiger partial charge in [0, 0.05) is 36.1 Å². The maximum Gasteiger partial charge on any atom is 0.319 e. The summed E-state index contributed by atoms with van der Waals surface area (Å²) in [6, 6.07) is 10.8. The van der Waals surface area contributed by atoms with E-state index in [-0.39, 0.29) is 29.9 Å². The summed E-state index contributed by atoms with van der Waals surface area (Å²) in [5, 5.41) is 7.59. The zero-order valence-electron chi connectivity index (χ0n) is 16.5. The van der Waals surface area contributed by atoms with Crippen molar-refractivity contribution < 1.29 is 14.4 Å². The van der Waals surface area contributed by atoms with E-state index in [1.165, 1.54) is 9.80 Å². The van der Waals surface area contributed by atoms with Crippen LogP contribution in [0.4, 0.5) is 4.79 Å². The number of hydrogen-bond acceptors (Lipinski definition) is 4. The predicted octanol–water partition coefficient (Wildman–Crippen LogP) is 3.21. The van der Waals surface area contributed by atoms with Crippen molar-refractivity contribution in [3.63, 3.8) is 0 Å². The molecule has 30 heavy (non-hydrogen) atoms. The fourth-order valence-corrected chi connectivity index (χ4v) is 3.91. The Kier molecular flexibility index (Phi) is 7.90. The third-order valence-electron chi connectivity index (χ3n) is 4.99. The summed E-state index contributed by atoms with van der Waals surface area (Å²) in [5.41, 5.74) is 1.17. The summed E-state index contributed by atoms with van der Waals surface area (Å²) < 4.78 is 0. The molecule has 1 heterocycles. The van der Waals surface area contributed by atoms with Crippen molar-refractivity contribution in [2.24, 2.45) is 0 Å². The van der Waals surface area contributed by atoms with E-state index < -0.39 is 0 Å². The van der Waals surface area contributed by atoms with Crippen LogP contribution in [0.5, 0.6) is 0 Å². The molecule has 0 spiro atoms. The Bertz CT molecular complexity index is 883. The quantitative estimate of drug-likeness (QED) is 0.252. The Morgan fingerprint density at radius 1 is 0.900 bits per heavy atom. The van der Waals surface area contributed by atoms with Crippen LogP contribution in [-0.4, -0.2) is 65.8 Å². The van der Waals surface area contributed by atoms with Crippen LogP contribution in [0, 0.1) is 0 Å². The van der Waals surface area contributed by atoms with Crippen molar-refractivity contribution in [2.75, 3.05) is 38.2 Å². The standard InChI is InChI=1S/C21H24Cl2N4O3/c22-13-26(14-23)21(30)25-11-10-24-9-1-2-12-27-19(28)16-7-3-5-15-6-4-8-17(18(15)16)20(27)29/h3-8,24H,1-2,9-14H2,(H,25,30). The lowest BCUT2D eigenvalue weighted by Crippen LogP contribution is -2.41. The molecule has 7 nitrogen and oxygen atoms in total. The first kappa shape index (κ1) is 22.3. The lowest BCUT2D eigenvalue weighted by Gasteiger charge is -2.27. The topological polar surface area (TPSA) is 81.8 Å². The second-order valence-electron chi connectivity index (χ2n) is 6.94. The molecule has 0 atom stereocenters. The number of carbonyl (C=O) groups is 3. The van der Waals surface area contributed by atoms with Gasteiger partial charge in [-0.25, -0.2) is 4.79 Å². The lowest BCUT2D eigenvalue weighted by atomic mass is 9.94. The molecule has 1 aliphatic rings. The van der Waals surface area contributed by atoms with Crippen molar-refractivity contribution in [3.8, 4) is 0 Å². The highest BCUT2D eigenvalue weighted by atomic mass is 35.5. The van der Waals surface area contributed by atoms with Gasteiger partial charge in [-0.15, -0.1) is 23.2 Å². The Hall–Kier alpha value is -2.35. The van der Waals surface area contributed by atoms with Gasteiger partial charge in [0.1, 0.15) is 0 Å². The number of nitrogens with zero attached hydrogens (tertiary/aromatic N) is 2. The van der Waals surface area contributed by atoms with Crippen LogP contribution >= 0.6 is 23.2 Å². The molecule has 3 rings (SSSR count). The fraction of sp³-hybridized carbons (Fsp3) is 0.381. The largest absolute Gasteiger partial charge is 0.337 e. The van der Waals surface area contributed by atoms with Gasteiger partial charge in [-0.1, -0.05) is 24.3 Å². The van der Waals surface area contributed by atoms with E-state index in [0.29, 0.717) is 43.7 Å². The molecule has 160 valence electrons. The van der Waals surface area contributed by atoms with E-state index in [1.807, 2.05) is 24.3 Å². The van der Waals surface area contributed by atoms with E-state index in [2.05, 4.69) is 10.6 Å². The highest BCUT2D eigenvalue weighted by molar-refractivity contribution is 6.25. The van der Waals surface area contributed by atoms with Crippen molar-refractivity contribution in [2.45, 2.75) is 12.8 Å². The minimum atomic E-state index is -0.306. The number of imide groups is 1. The number of hydrogen-bond donors (Lipinski definition) is 2. The first-order chi connectivity index (χ1) is 14.6. The van der Waals surface area contributed by atoms with Gasteiger partial charge in [0.25, 0.3) is 11.8 Å². The number of carbonyl (C=O) groups excluding carboxylic acids is 3. The molecule has 0 saturated heterocycles. The van der Waals surface area contributed by atoms with Gasteiger partial charge in [0.15, 0.2) is 0 Å². The van der Waals surface area contributed by atoms with Crippen LogP contribution < -0.4 is 10.6 Å². The number of unbranched alkanes of at least 4 members (excludes halogenated alkanes) is 1. The number of halogens is 2. The smallest absolute Gasteiger partial charge is 0.319 e. The Morgan fingerprint density at radius 3 is 2.13 bits per heavy atom. The van der Waals surface area contributed by atoms with Crippen molar-refractivity contribution >= 4 is 51.8 Å². The molecular formula is C21H24Cl2N4O3. The summed E-state index contributed by atoms with van der Waals surface area (Å²) in [6.07, 6.45) is 1.49. The van der Waals surface area contributed by atoms with Gasteiger partial charge in [-0.3, -0.25) is 19.4 Å². The molecule has 0 fully saturated rings. The Labute approximate surface area is 185 Å². The summed E-state index contributed by atoms with van der Waals surface area (Å²) in [5.74, 6) is -0.466. The molecule has 0 saturated carbocycles. The average Bonchev–Trinajstić information content (AvgIpc) is 2.76. The summed E-state index contributed by atoms with van der Waals surface area (Å²) in [7, 11) is 0. The molecule has 0 radical (unpaired) electrons. The normalized spacial score (nSPS) is 13.1. The van der Waals surface area contributed by atoms with E-state index >= 15 is 0 Å². The van der Waals surface area contributed by atoms with Gasteiger partial charge < -0.3 is 10.6 Å². The molecule has 2 N–H and O–H groups in total. The summed E-state index contributed by atoms with van der Waals surface area (Å²) in [6.45, 7) is 2.14. The SMILES string of the molecule is O=C(NCCNCCCCN1C(=O)c2cccc3cccc(c23)C1=O)N(CCl)CCl. The van der Waals surface area contributed by atoms with E-state index in [0.717, 1.165) is 17.2 Å². The van der Waals surface area contributed by atoms with Crippen molar-refractivity contribution in [1.29, 1.82) is 0 Å². The third kappa shape index (κ3) is 4.86. The summed E-state index contributed by atoms with van der Waals surface area (Å²) in [4.78, 5) is 39.9. The van der Waals surface area contributed by atoms with Crippen LogP contribution in [0.3, 0.4) is 0 Å². The second kappa shape index (κ2) is 10.6. The lowest BCUT2D eigenvalue weighted by molar-refractivity contribution is 0.0608. The highest BCUT2D eigenvalue weighted by Crippen LogP contribution is 2.29. The van der Waals surface area contributed by atoms with E-state index in [4.69, 9.17) is 23.2 Å². The van der Waals surface area contributed by atoms with Crippen LogP contribution in [0.1, 0.15) is 33.6 Å². The predicted molar refractivity (Wildman–Crippen MR) is 118 cm³/mol. The van der Waals surface area contributed by atoms with Crippen molar-refractivity contribution in [3.05, 3.63) is 47.5 Å². The number of benzene rings is 2. The number of alkyl halides is 2. The first-order valence-corrected chi connectivity index (χ1v) is 10.9. The number of urea groups is 1.